The molecule has 1 N–H and O–H groups in total. The first-order chi connectivity index (χ1) is 11.7. The lowest BCUT2D eigenvalue weighted by Crippen LogP contribution is -2.49. The molecule has 0 amide bonds. The number of hydrogen-bond acceptors (Lipinski definition) is 5. The van der Waals surface area contributed by atoms with Gasteiger partial charge in [0.1, 0.15) is 12.7 Å². The van der Waals surface area contributed by atoms with Gasteiger partial charge in [-0.25, -0.2) is 4.98 Å². The molecule has 1 atom stereocenters. The summed E-state index contributed by atoms with van der Waals surface area (Å²) in [7, 11) is 0. The van der Waals surface area contributed by atoms with E-state index in [0.717, 1.165) is 26.2 Å². The van der Waals surface area contributed by atoms with E-state index in [1.54, 1.807) is 18.3 Å². The number of aromatic nitrogens is 1. The first-order valence-electron chi connectivity index (χ1n) is 8.16. The van der Waals surface area contributed by atoms with E-state index in [1.807, 2.05) is 6.07 Å². The molecule has 1 saturated heterocycles. The molecule has 6 heteroatoms. The van der Waals surface area contributed by atoms with Gasteiger partial charge in [0.25, 0.3) is 0 Å². The largest absolute Gasteiger partial charge is 0.488 e. The van der Waals surface area contributed by atoms with Crippen LogP contribution in [0.15, 0.2) is 48.7 Å². The van der Waals surface area contributed by atoms with E-state index in [4.69, 9.17) is 16.3 Å². The van der Waals surface area contributed by atoms with Gasteiger partial charge in [-0.05, 0) is 24.3 Å². The highest BCUT2D eigenvalue weighted by molar-refractivity contribution is 6.30. The molecule has 1 aliphatic heterocycles. The molecule has 2 heterocycles. The minimum atomic E-state index is -0.551. The average Bonchev–Trinajstić information content (AvgIpc) is 2.62. The van der Waals surface area contributed by atoms with Crippen LogP contribution in [-0.4, -0.2) is 60.4 Å². The summed E-state index contributed by atoms with van der Waals surface area (Å²) in [6.45, 7) is 4.60. The molecule has 1 fully saturated rings. The van der Waals surface area contributed by atoms with Crippen molar-refractivity contribution in [3.05, 3.63) is 53.8 Å². The molecule has 1 unspecified atom stereocenters. The smallest absolute Gasteiger partial charge is 0.171 e. The van der Waals surface area contributed by atoms with Crippen molar-refractivity contribution in [3.63, 3.8) is 0 Å². The highest BCUT2D eigenvalue weighted by Gasteiger charge is 2.19. The molecule has 1 aliphatic rings. The van der Waals surface area contributed by atoms with E-state index in [9.17, 15) is 5.11 Å². The second kappa shape index (κ2) is 8.33. The normalized spacial score (nSPS) is 16.8. The molecule has 0 saturated carbocycles. The Bertz CT molecular complexity index is 633. The van der Waals surface area contributed by atoms with Crippen molar-refractivity contribution in [1.82, 2.24) is 9.88 Å². The SMILES string of the molecule is OC(COc1cccnc1Cl)CN1CCN(c2ccccc2)CC1. The van der Waals surface area contributed by atoms with Crippen LogP contribution in [0.3, 0.4) is 0 Å². The summed E-state index contributed by atoms with van der Waals surface area (Å²) >= 11 is 5.94. The Morgan fingerprint density at radius 2 is 1.83 bits per heavy atom. The van der Waals surface area contributed by atoms with Crippen molar-refractivity contribution in [2.45, 2.75) is 6.10 Å². The number of nitrogens with zero attached hydrogens (tertiary/aromatic N) is 3. The number of rotatable bonds is 6. The van der Waals surface area contributed by atoms with E-state index in [0.29, 0.717) is 17.4 Å². The summed E-state index contributed by atoms with van der Waals surface area (Å²) in [6, 6.07) is 13.9. The maximum Gasteiger partial charge on any atom is 0.171 e. The Labute approximate surface area is 147 Å². The van der Waals surface area contributed by atoms with Crippen LogP contribution in [0, 0.1) is 0 Å². The van der Waals surface area contributed by atoms with Gasteiger partial charge in [0, 0.05) is 44.6 Å². The maximum atomic E-state index is 10.2. The van der Waals surface area contributed by atoms with Crippen LogP contribution in [0.5, 0.6) is 5.75 Å². The van der Waals surface area contributed by atoms with Crippen molar-refractivity contribution < 1.29 is 9.84 Å². The quantitative estimate of drug-likeness (QED) is 0.812. The Morgan fingerprint density at radius 3 is 2.54 bits per heavy atom. The van der Waals surface area contributed by atoms with Gasteiger partial charge >= 0.3 is 0 Å². The lowest BCUT2D eigenvalue weighted by Gasteiger charge is -2.36. The van der Waals surface area contributed by atoms with E-state index in [2.05, 4.69) is 39.0 Å². The van der Waals surface area contributed by atoms with Crippen molar-refractivity contribution in [3.8, 4) is 5.75 Å². The minimum absolute atomic E-state index is 0.213. The topological polar surface area (TPSA) is 48.8 Å². The predicted octanol–water partition coefficient (Wildman–Crippen LogP) is 2.30. The zero-order valence-electron chi connectivity index (χ0n) is 13.5. The number of aliphatic hydroxyl groups is 1. The average molecular weight is 348 g/mol. The fourth-order valence-corrected chi connectivity index (χ4v) is 3.02. The van der Waals surface area contributed by atoms with Crippen LogP contribution >= 0.6 is 11.6 Å². The van der Waals surface area contributed by atoms with E-state index in [-0.39, 0.29) is 6.61 Å². The molecule has 24 heavy (non-hydrogen) atoms. The van der Waals surface area contributed by atoms with E-state index < -0.39 is 6.10 Å². The number of piperazine rings is 1. The van der Waals surface area contributed by atoms with Crippen LogP contribution in [0.1, 0.15) is 0 Å². The Hall–Kier alpha value is -1.82. The molecule has 3 rings (SSSR count). The third-order valence-corrected chi connectivity index (χ3v) is 4.40. The number of ether oxygens (including phenoxy) is 1. The van der Waals surface area contributed by atoms with Gasteiger partial charge in [-0.3, -0.25) is 4.90 Å². The summed E-state index contributed by atoms with van der Waals surface area (Å²) in [5.41, 5.74) is 1.26. The highest BCUT2D eigenvalue weighted by Crippen LogP contribution is 2.20. The van der Waals surface area contributed by atoms with Crippen LogP contribution in [0.25, 0.3) is 0 Å². The lowest BCUT2D eigenvalue weighted by atomic mass is 10.2. The summed E-state index contributed by atoms with van der Waals surface area (Å²) < 4.78 is 5.55. The van der Waals surface area contributed by atoms with Gasteiger partial charge in [0.2, 0.25) is 0 Å². The molecular weight excluding hydrogens is 326 g/mol. The molecule has 0 spiro atoms. The van der Waals surface area contributed by atoms with Gasteiger partial charge in [0.05, 0.1) is 0 Å². The number of benzene rings is 1. The molecule has 1 aromatic heterocycles. The van der Waals surface area contributed by atoms with Crippen molar-refractivity contribution >= 4 is 17.3 Å². The fourth-order valence-electron chi connectivity index (χ4n) is 2.84. The van der Waals surface area contributed by atoms with Gasteiger partial charge in [0.15, 0.2) is 10.9 Å². The Morgan fingerprint density at radius 1 is 1.08 bits per heavy atom. The zero-order chi connectivity index (χ0) is 16.8. The summed E-state index contributed by atoms with van der Waals surface area (Å²) in [4.78, 5) is 8.58. The van der Waals surface area contributed by atoms with Crippen LogP contribution in [0.2, 0.25) is 5.15 Å². The summed E-state index contributed by atoms with van der Waals surface area (Å²) in [5.74, 6) is 0.507. The first kappa shape index (κ1) is 17.0. The number of aliphatic hydroxyl groups excluding tert-OH is 1. The van der Waals surface area contributed by atoms with Gasteiger partial charge < -0.3 is 14.7 Å². The Balaban J connectivity index is 1.42. The molecule has 0 radical (unpaired) electrons. The molecule has 0 aliphatic carbocycles. The molecule has 5 nitrogen and oxygen atoms in total. The van der Waals surface area contributed by atoms with Crippen molar-refractivity contribution in [1.29, 1.82) is 0 Å². The second-order valence-electron chi connectivity index (χ2n) is 5.88. The van der Waals surface area contributed by atoms with Crippen LogP contribution < -0.4 is 9.64 Å². The van der Waals surface area contributed by atoms with Crippen molar-refractivity contribution in [2.75, 3.05) is 44.2 Å². The maximum absolute atomic E-state index is 10.2. The van der Waals surface area contributed by atoms with E-state index >= 15 is 0 Å². The number of β-amino-alcohol motifs (C(OH)–C–C–N with tert-alkyl or cyclic N) is 1. The highest BCUT2D eigenvalue weighted by atomic mass is 35.5. The number of hydrogen-bond donors (Lipinski definition) is 1. The number of anilines is 1. The molecule has 128 valence electrons. The second-order valence-corrected chi connectivity index (χ2v) is 6.24. The van der Waals surface area contributed by atoms with Crippen LogP contribution in [0.4, 0.5) is 5.69 Å². The monoisotopic (exact) mass is 347 g/mol. The van der Waals surface area contributed by atoms with E-state index in [1.165, 1.54) is 5.69 Å². The summed E-state index contributed by atoms with van der Waals surface area (Å²) in [5, 5.41) is 10.5. The van der Waals surface area contributed by atoms with Gasteiger partial charge in [-0.2, -0.15) is 0 Å². The third-order valence-electron chi connectivity index (χ3n) is 4.12. The fraction of sp³-hybridized carbons (Fsp3) is 0.389. The van der Waals surface area contributed by atoms with Gasteiger partial charge in [-0.15, -0.1) is 0 Å². The molecule has 0 bridgehead atoms. The van der Waals surface area contributed by atoms with Crippen molar-refractivity contribution in [2.24, 2.45) is 0 Å². The molecule has 2 aromatic rings. The first-order valence-corrected chi connectivity index (χ1v) is 8.54. The summed E-state index contributed by atoms with van der Waals surface area (Å²) in [6.07, 6.45) is 1.06. The Kier molecular flexibility index (Phi) is 5.91. The predicted molar refractivity (Wildman–Crippen MR) is 95.8 cm³/mol. The number of para-hydroxylation sites is 1. The number of halogens is 1. The zero-order valence-corrected chi connectivity index (χ0v) is 14.3. The standard InChI is InChI=1S/C18H22ClN3O2/c19-18-17(7-4-8-20-18)24-14-16(23)13-21-9-11-22(12-10-21)15-5-2-1-3-6-15/h1-8,16,23H,9-14H2. The molecule has 1 aromatic carbocycles. The minimum Gasteiger partial charge on any atom is -0.488 e. The van der Waals surface area contributed by atoms with Gasteiger partial charge in [-0.1, -0.05) is 29.8 Å². The molecular formula is C18H22ClN3O2. The third kappa shape index (κ3) is 4.60. The van der Waals surface area contributed by atoms with Crippen LogP contribution in [-0.2, 0) is 0 Å². The lowest BCUT2D eigenvalue weighted by molar-refractivity contribution is 0.0662. The number of pyridine rings is 1.